The van der Waals surface area contributed by atoms with E-state index in [9.17, 15) is 9.59 Å². The van der Waals surface area contributed by atoms with Gasteiger partial charge in [-0.25, -0.2) is 4.79 Å². The normalized spacial score (nSPS) is 21.6. The third-order valence-electron chi connectivity index (χ3n) is 3.80. The second-order valence-electron chi connectivity index (χ2n) is 7.11. The monoisotopic (exact) mass is 322 g/mol. The zero-order valence-corrected chi connectivity index (χ0v) is 14.3. The van der Waals surface area contributed by atoms with Crippen molar-refractivity contribution in [3.05, 3.63) is 23.7 Å². The highest BCUT2D eigenvalue weighted by molar-refractivity contribution is 5.93. The molecule has 0 spiro atoms. The van der Waals surface area contributed by atoms with Gasteiger partial charge >= 0.3 is 6.09 Å². The largest absolute Gasteiger partial charge is 0.459 e. The Balaban J connectivity index is 1.85. The van der Waals surface area contributed by atoms with Gasteiger partial charge in [-0.3, -0.25) is 4.79 Å². The second-order valence-corrected chi connectivity index (χ2v) is 7.11. The topological polar surface area (TPSA) is 80.6 Å². The quantitative estimate of drug-likeness (QED) is 0.896. The average Bonchev–Trinajstić information content (AvgIpc) is 2.83. The molecule has 0 aliphatic heterocycles. The first kappa shape index (κ1) is 17.4. The van der Waals surface area contributed by atoms with Crippen LogP contribution in [-0.2, 0) is 4.74 Å². The van der Waals surface area contributed by atoms with E-state index in [0.29, 0.717) is 12.2 Å². The van der Waals surface area contributed by atoms with E-state index in [1.807, 2.05) is 27.7 Å². The van der Waals surface area contributed by atoms with Crippen molar-refractivity contribution in [2.24, 2.45) is 0 Å². The number of amides is 2. The van der Waals surface area contributed by atoms with Gasteiger partial charge in [0.2, 0.25) is 0 Å². The smallest absolute Gasteiger partial charge is 0.407 e. The van der Waals surface area contributed by atoms with Gasteiger partial charge in [0, 0.05) is 17.6 Å². The standard InChI is InChI=1S/C17H26N2O4/c1-11-8-9-22-14(11)15(20)18-12-6-5-7-13(10-12)19-16(21)23-17(2,3)4/h8-9,12-13H,5-7,10H2,1-4H3,(H,18,20)(H,19,21)/t12-,13-/m1/s1. The maximum Gasteiger partial charge on any atom is 0.407 e. The van der Waals surface area contributed by atoms with Crippen molar-refractivity contribution < 1.29 is 18.7 Å². The van der Waals surface area contributed by atoms with Crippen LogP contribution in [0, 0.1) is 6.92 Å². The number of nitrogens with one attached hydrogen (secondary N) is 2. The minimum Gasteiger partial charge on any atom is -0.459 e. The van der Waals surface area contributed by atoms with Crippen LogP contribution in [0.25, 0.3) is 0 Å². The van der Waals surface area contributed by atoms with Crippen LogP contribution in [0.3, 0.4) is 0 Å². The molecule has 2 rings (SSSR count). The molecule has 1 saturated carbocycles. The lowest BCUT2D eigenvalue weighted by molar-refractivity contribution is 0.0489. The van der Waals surface area contributed by atoms with Gasteiger partial charge in [-0.15, -0.1) is 0 Å². The van der Waals surface area contributed by atoms with E-state index in [1.54, 1.807) is 6.07 Å². The average molecular weight is 322 g/mol. The van der Waals surface area contributed by atoms with Crippen LogP contribution in [0.2, 0.25) is 0 Å². The van der Waals surface area contributed by atoms with Crippen molar-refractivity contribution in [1.29, 1.82) is 0 Å². The summed E-state index contributed by atoms with van der Waals surface area (Å²) >= 11 is 0. The predicted molar refractivity (Wildman–Crippen MR) is 86.3 cm³/mol. The molecule has 2 atom stereocenters. The summed E-state index contributed by atoms with van der Waals surface area (Å²) in [4.78, 5) is 24.0. The lowest BCUT2D eigenvalue weighted by Gasteiger charge is -2.31. The Morgan fingerprint density at radius 2 is 1.87 bits per heavy atom. The molecule has 6 heteroatoms. The third-order valence-corrected chi connectivity index (χ3v) is 3.80. The van der Waals surface area contributed by atoms with Gasteiger partial charge in [0.05, 0.1) is 6.26 Å². The van der Waals surface area contributed by atoms with Crippen LogP contribution in [0.15, 0.2) is 16.7 Å². The molecule has 1 aromatic rings. The van der Waals surface area contributed by atoms with Crippen molar-refractivity contribution in [3.8, 4) is 0 Å². The number of hydrogen-bond acceptors (Lipinski definition) is 4. The summed E-state index contributed by atoms with van der Waals surface area (Å²) in [7, 11) is 0. The molecule has 1 aliphatic carbocycles. The van der Waals surface area contributed by atoms with Crippen LogP contribution >= 0.6 is 0 Å². The Kier molecular flexibility index (Phi) is 5.34. The van der Waals surface area contributed by atoms with Gasteiger partial charge in [-0.2, -0.15) is 0 Å². The lowest BCUT2D eigenvalue weighted by atomic mass is 9.91. The van der Waals surface area contributed by atoms with E-state index < -0.39 is 11.7 Å². The fraction of sp³-hybridized carbons (Fsp3) is 0.647. The maximum absolute atomic E-state index is 12.2. The van der Waals surface area contributed by atoms with Gasteiger partial charge in [0.25, 0.3) is 5.91 Å². The summed E-state index contributed by atoms with van der Waals surface area (Å²) < 4.78 is 10.5. The molecule has 0 radical (unpaired) electrons. The van der Waals surface area contributed by atoms with Crippen LogP contribution in [-0.4, -0.2) is 29.7 Å². The fourth-order valence-corrected chi connectivity index (χ4v) is 2.78. The minimum atomic E-state index is -0.511. The first-order valence-corrected chi connectivity index (χ1v) is 8.09. The van der Waals surface area contributed by atoms with E-state index in [2.05, 4.69) is 10.6 Å². The molecule has 6 nitrogen and oxygen atoms in total. The molecular weight excluding hydrogens is 296 g/mol. The Morgan fingerprint density at radius 3 is 2.43 bits per heavy atom. The number of furan rings is 1. The van der Waals surface area contributed by atoms with E-state index in [1.165, 1.54) is 6.26 Å². The molecule has 0 unspecified atom stereocenters. The van der Waals surface area contributed by atoms with Gasteiger partial charge in [0.15, 0.2) is 5.76 Å². The zero-order valence-electron chi connectivity index (χ0n) is 14.3. The van der Waals surface area contributed by atoms with Crippen molar-refractivity contribution >= 4 is 12.0 Å². The number of carbonyl (C=O) groups excluding carboxylic acids is 2. The van der Waals surface area contributed by atoms with Crippen LogP contribution in [0.1, 0.15) is 62.6 Å². The summed E-state index contributed by atoms with van der Waals surface area (Å²) in [5.74, 6) is 0.155. The number of carbonyl (C=O) groups is 2. The van der Waals surface area contributed by atoms with E-state index in [4.69, 9.17) is 9.15 Å². The van der Waals surface area contributed by atoms with Crippen molar-refractivity contribution in [2.45, 2.75) is 71.1 Å². The molecule has 1 aromatic heterocycles. The SMILES string of the molecule is Cc1ccoc1C(=O)N[C@@H]1CCC[C@@H](NC(=O)OC(C)(C)C)C1. The van der Waals surface area contributed by atoms with Crippen LogP contribution < -0.4 is 10.6 Å². The number of rotatable bonds is 3. The third kappa shape index (κ3) is 5.30. The highest BCUT2D eigenvalue weighted by Crippen LogP contribution is 2.20. The lowest BCUT2D eigenvalue weighted by Crippen LogP contribution is -2.46. The zero-order chi connectivity index (χ0) is 17.0. The first-order valence-electron chi connectivity index (χ1n) is 8.09. The van der Waals surface area contributed by atoms with Crippen molar-refractivity contribution in [3.63, 3.8) is 0 Å². The van der Waals surface area contributed by atoms with Crippen molar-refractivity contribution in [1.82, 2.24) is 10.6 Å². The van der Waals surface area contributed by atoms with Gasteiger partial charge in [0.1, 0.15) is 5.60 Å². The van der Waals surface area contributed by atoms with Gasteiger partial charge in [-0.1, -0.05) is 0 Å². The molecule has 23 heavy (non-hydrogen) atoms. The Morgan fingerprint density at radius 1 is 1.22 bits per heavy atom. The molecule has 0 aromatic carbocycles. The number of hydrogen-bond donors (Lipinski definition) is 2. The summed E-state index contributed by atoms with van der Waals surface area (Å²) in [6.07, 6.45) is 4.55. The summed E-state index contributed by atoms with van der Waals surface area (Å²) in [5.41, 5.74) is 0.310. The van der Waals surface area contributed by atoms with Crippen LogP contribution in [0.4, 0.5) is 4.79 Å². The van der Waals surface area contributed by atoms with Crippen molar-refractivity contribution in [2.75, 3.05) is 0 Å². The van der Waals surface area contributed by atoms with E-state index in [-0.39, 0.29) is 18.0 Å². The molecule has 0 bridgehead atoms. The Bertz CT molecular complexity index is 559. The first-order chi connectivity index (χ1) is 10.7. The summed E-state index contributed by atoms with van der Waals surface area (Å²) in [5, 5.41) is 5.88. The number of alkyl carbamates (subject to hydrolysis) is 1. The van der Waals surface area contributed by atoms with Crippen LogP contribution in [0.5, 0.6) is 0 Å². The molecule has 1 aliphatic rings. The molecule has 128 valence electrons. The second kappa shape index (κ2) is 7.06. The summed E-state index contributed by atoms with van der Waals surface area (Å²) in [6, 6.07) is 1.81. The molecule has 1 fully saturated rings. The summed E-state index contributed by atoms with van der Waals surface area (Å²) in [6.45, 7) is 7.35. The van der Waals surface area contributed by atoms with Gasteiger partial charge < -0.3 is 19.8 Å². The molecular formula is C17H26N2O4. The number of aryl methyl sites for hydroxylation is 1. The molecule has 2 amide bonds. The Labute approximate surface area is 137 Å². The Hall–Kier alpha value is -1.98. The highest BCUT2D eigenvalue weighted by atomic mass is 16.6. The molecule has 1 heterocycles. The minimum absolute atomic E-state index is 0.0154. The predicted octanol–water partition coefficient (Wildman–Crippen LogP) is 3.15. The maximum atomic E-state index is 12.2. The number of ether oxygens (including phenoxy) is 1. The fourth-order valence-electron chi connectivity index (χ4n) is 2.78. The van der Waals surface area contributed by atoms with E-state index >= 15 is 0 Å². The van der Waals surface area contributed by atoms with E-state index in [0.717, 1.165) is 24.8 Å². The molecule has 2 N–H and O–H groups in total. The molecule has 0 saturated heterocycles. The highest BCUT2D eigenvalue weighted by Gasteiger charge is 2.27. The van der Waals surface area contributed by atoms with Gasteiger partial charge in [-0.05, 0) is 59.4 Å².